The van der Waals surface area contributed by atoms with Crippen molar-refractivity contribution in [1.82, 2.24) is 0 Å². The second kappa shape index (κ2) is 11.4. The van der Waals surface area contributed by atoms with Gasteiger partial charge in [0.25, 0.3) is 0 Å². The lowest BCUT2D eigenvalue weighted by molar-refractivity contribution is 0.229. The first kappa shape index (κ1) is 24.8. The molecular formula is C29H24O6S. The fourth-order valence-electron chi connectivity index (χ4n) is 3.34. The average Bonchev–Trinajstić information content (AvgIpc) is 2.86. The standard InChI is InChI=1S/C29H24O6S/c1-36(31,32)21-26-18-27(30)29(34-19-24-10-6-3-7-11-24)28(35-26)20-33-25-16-14-23(15-17-25)13-12-22-8-4-2-5-9-22/h2-11,14-18H,19-21H2,1H3. The summed E-state index contributed by atoms with van der Waals surface area (Å²) in [5.41, 5.74) is 2.14. The Morgan fingerprint density at radius 2 is 1.39 bits per heavy atom. The summed E-state index contributed by atoms with van der Waals surface area (Å²) in [4.78, 5) is 12.8. The summed E-state index contributed by atoms with van der Waals surface area (Å²) in [5, 5.41) is 0. The third kappa shape index (κ3) is 7.36. The van der Waals surface area contributed by atoms with Gasteiger partial charge in [-0.2, -0.15) is 0 Å². The van der Waals surface area contributed by atoms with Crippen molar-refractivity contribution in [2.45, 2.75) is 19.0 Å². The predicted molar refractivity (Wildman–Crippen MR) is 137 cm³/mol. The average molecular weight is 501 g/mol. The van der Waals surface area contributed by atoms with E-state index in [9.17, 15) is 13.2 Å². The van der Waals surface area contributed by atoms with Gasteiger partial charge in [-0.15, -0.1) is 0 Å². The molecule has 36 heavy (non-hydrogen) atoms. The maximum Gasteiger partial charge on any atom is 0.227 e. The predicted octanol–water partition coefficient (Wildman–Crippen LogP) is 4.74. The van der Waals surface area contributed by atoms with Gasteiger partial charge >= 0.3 is 0 Å². The minimum atomic E-state index is -3.40. The van der Waals surface area contributed by atoms with Crippen molar-refractivity contribution >= 4 is 9.84 Å². The highest BCUT2D eigenvalue weighted by Crippen LogP contribution is 2.21. The van der Waals surface area contributed by atoms with E-state index in [2.05, 4.69) is 11.8 Å². The van der Waals surface area contributed by atoms with E-state index < -0.39 is 21.0 Å². The molecule has 0 aliphatic rings. The zero-order valence-electron chi connectivity index (χ0n) is 19.6. The zero-order valence-corrected chi connectivity index (χ0v) is 20.5. The number of benzene rings is 3. The van der Waals surface area contributed by atoms with Crippen molar-refractivity contribution in [3.05, 3.63) is 129 Å². The maximum absolute atomic E-state index is 12.8. The van der Waals surface area contributed by atoms with Crippen LogP contribution in [-0.2, 0) is 28.8 Å². The number of rotatable bonds is 8. The van der Waals surface area contributed by atoms with Gasteiger partial charge in [0.2, 0.25) is 11.2 Å². The Kier molecular flexibility index (Phi) is 7.89. The molecule has 4 rings (SSSR count). The van der Waals surface area contributed by atoms with E-state index in [1.54, 1.807) is 12.1 Å². The summed E-state index contributed by atoms with van der Waals surface area (Å²) < 4.78 is 40.8. The van der Waals surface area contributed by atoms with Crippen LogP contribution in [0.25, 0.3) is 0 Å². The van der Waals surface area contributed by atoms with Crippen LogP contribution in [0.1, 0.15) is 28.2 Å². The Morgan fingerprint density at radius 1 is 0.778 bits per heavy atom. The van der Waals surface area contributed by atoms with Crippen molar-refractivity contribution < 1.29 is 22.3 Å². The minimum Gasteiger partial charge on any atom is -0.486 e. The van der Waals surface area contributed by atoms with Gasteiger partial charge < -0.3 is 13.9 Å². The van der Waals surface area contributed by atoms with Crippen molar-refractivity contribution in [1.29, 1.82) is 0 Å². The Morgan fingerprint density at radius 3 is 2.03 bits per heavy atom. The molecule has 0 atom stereocenters. The Balaban J connectivity index is 1.51. The topological polar surface area (TPSA) is 82.8 Å². The summed E-state index contributed by atoms with van der Waals surface area (Å²) in [5.74, 6) is 6.46. The highest BCUT2D eigenvalue weighted by atomic mass is 32.2. The molecule has 1 heterocycles. The van der Waals surface area contributed by atoms with Crippen LogP contribution in [0, 0.1) is 11.8 Å². The minimum absolute atomic E-state index is 0.0125. The van der Waals surface area contributed by atoms with Gasteiger partial charge in [-0.3, -0.25) is 4.79 Å². The fraction of sp³-hybridized carbons (Fsp3) is 0.138. The molecule has 0 aliphatic heterocycles. The molecule has 0 radical (unpaired) electrons. The third-order valence-corrected chi connectivity index (χ3v) is 5.81. The second-order valence-electron chi connectivity index (χ2n) is 8.10. The van der Waals surface area contributed by atoms with E-state index in [0.29, 0.717) is 5.75 Å². The summed E-state index contributed by atoms with van der Waals surface area (Å²) in [6.45, 7) is 0.0325. The van der Waals surface area contributed by atoms with Crippen LogP contribution in [0.4, 0.5) is 0 Å². The molecule has 1 aromatic heterocycles. The van der Waals surface area contributed by atoms with Crippen LogP contribution in [0.15, 0.2) is 100 Å². The van der Waals surface area contributed by atoms with Crippen LogP contribution in [0.5, 0.6) is 11.5 Å². The zero-order chi connectivity index (χ0) is 25.4. The van der Waals surface area contributed by atoms with Gasteiger partial charge in [-0.1, -0.05) is 60.4 Å². The molecule has 4 aromatic rings. The molecule has 0 spiro atoms. The van der Waals surface area contributed by atoms with Crippen molar-refractivity contribution in [2.24, 2.45) is 0 Å². The molecule has 6 nitrogen and oxygen atoms in total. The molecule has 0 unspecified atom stereocenters. The molecule has 0 saturated carbocycles. The van der Waals surface area contributed by atoms with E-state index in [1.165, 1.54) is 0 Å². The molecule has 7 heteroatoms. The second-order valence-corrected chi connectivity index (χ2v) is 10.2. The molecule has 182 valence electrons. The lowest BCUT2D eigenvalue weighted by Gasteiger charge is -2.13. The lowest BCUT2D eigenvalue weighted by atomic mass is 10.2. The highest BCUT2D eigenvalue weighted by Gasteiger charge is 2.17. The molecule has 0 fully saturated rings. The number of sulfone groups is 1. The summed E-state index contributed by atoms with van der Waals surface area (Å²) in [6, 6.07) is 27.4. The first-order valence-electron chi connectivity index (χ1n) is 11.2. The Bertz CT molecular complexity index is 1530. The smallest absolute Gasteiger partial charge is 0.227 e. The molecule has 3 aromatic carbocycles. The summed E-state index contributed by atoms with van der Waals surface area (Å²) in [6.07, 6.45) is 1.07. The Labute approximate surface area is 210 Å². The van der Waals surface area contributed by atoms with Crippen LogP contribution < -0.4 is 14.9 Å². The third-order valence-electron chi connectivity index (χ3n) is 5.00. The lowest BCUT2D eigenvalue weighted by Crippen LogP contribution is -2.14. The van der Waals surface area contributed by atoms with Crippen molar-refractivity contribution in [3.8, 4) is 23.3 Å². The highest BCUT2D eigenvalue weighted by molar-refractivity contribution is 7.89. The van der Waals surface area contributed by atoms with Crippen molar-refractivity contribution in [2.75, 3.05) is 6.26 Å². The van der Waals surface area contributed by atoms with E-state index >= 15 is 0 Å². The quantitative estimate of drug-likeness (QED) is 0.325. The molecule has 0 bridgehead atoms. The summed E-state index contributed by atoms with van der Waals surface area (Å²) in [7, 11) is -3.40. The van der Waals surface area contributed by atoms with Crippen LogP contribution in [-0.4, -0.2) is 14.7 Å². The largest absolute Gasteiger partial charge is 0.486 e. The van der Waals surface area contributed by atoms with E-state index in [-0.39, 0.29) is 30.5 Å². The van der Waals surface area contributed by atoms with Gasteiger partial charge in [-0.25, -0.2) is 8.42 Å². The molecular weight excluding hydrogens is 476 g/mol. The van der Waals surface area contributed by atoms with E-state index in [4.69, 9.17) is 13.9 Å². The number of hydrogen-bond acceptors (Lipinski definition) is 6. The van der Waals surface area contributed by atoms with Gasteiger partial charge in [0.1, 0.15) is 30.5 Å². The SMILES string of the molecule is CS(=O)(=O)Cc1cc(=O)c(OCc2ccccc2)c(COc2ccc(C#Cc3ccccc3)cc2)o1. The molecule has 0 amide bonds. The van der Waals surface area contributed by atoms with E-state index in [1.807, 2.05) is 72.8 Å². The monoisotopic (exact) mass is 500 g/mol. The van der Waals surface area contributed by atoms with Crippen LogP contribution in [0.2, 0.25) is 0 Å². The van der Waals surface area contributed by atoms with Gasteiger partial charge in [0.15, 0.2) is 15.6 Å². The van der Waals surface area contributed by atoms with Gasteiger partial charge in [-0.05, 0) is 42.0 Å². The fourth-order valence-corrected chi connectivity index (χ4v) is 4.00. The Hall–Kier alpha value is -4.28. The summed E-state index contributed by atoms with van der Waals surface area (Å²) >= 11 is 0. The van der Waals surface area contributed by atoms with Crippen LogP contribution in [0.3, 0.4) is 0 Å². The maximum atomic E-state index is 12.8. The van der Waals surface area contributed by atoms with Gasteiger partial charge in [0.05, 0.1) is 0 Å². The molecule has 0 N–H and O–H groups in total. The first-order chi connectivity index (χ1) is 17.4. The van der Waals surface area contributed by atoms with Crippen LogP contribution >= 0.6 is 0 Å². The van der Waals surface area contributed by atoms with E-state index in [0.717, 1.165) is 29.0 Å². The van der Waals surface area contributed by atoms with Crippen molar-refractivity contribution in [3.63, 3.8) is 0 Å². The molecule has 0 saturated heterocycles. The number of ether oxygens (including phenoxy) is 2. The number of hydrogen-bond donors (Lipinski definition) is 0. The van der Waals surface area contributed by atoms with Gasteiger partial charge in [0, 0.05) is 23.4 Å². The molecule has 0 aliphatic carbocycles. The normalized spacial score (nSPS) is 10.8. The first-order valence-corrected chi connectivity index (χ1v) is 13.2.